The van der Waals surface area contributed by atoms with Gasteiger partial charge in [-0.25, -0.2) is 4.98 Å². The Balaban J connectivity index is 1.53. The maximum atomic E-state index is 14.0. The summed E-state index contributed by atoms with van der Waals surface area (Å²) in [5.74, 6) is 0. The normalized spacial score (nSPS) is 14.4. The minimum Gasteiger partial charge on any atom is -0.342 e. The fraction of sp³-hybridized carbons (Fsp3) is 0.207. The van der Waals surface area contributed by atoms with Crippen LogP contribution in [0, 0.1) is 11.3 Å². The monoisotopic (exact) mass is 459 g/mol. The summed E-state index contributed by atoms with van der Waals surface area (Å²) in [6.45, 7) is 2.46. The van der Waals surface area contributed by atoms with E-state index in [0.717, 1.165) is 59.0 Å². The van der Waals surface area contributed by atoms with E-state index in [9.17, 15) is 4.79 Å². The van der Waals surface area contributed by atoms with Gasteiger partial charge in [0.2, 0.25) is 0 Å². The lowest BCUT2D eigenvalue weighted by Gasteiger charge is -2.26. The lowest BCUT2D eigenvalue weighted by Crippen LogP contribution is -2.35. The first-order chi connectivity index (χ1) is 17.2. The quantitative estimate of drug-likeness (QED) is 0.416. The summed E-state index contributed by atoms with van der Waals surface area (Å²) in [4.78, 5) is 18.9. The molecule has 1 aliphatic heterocycles. The van der Waals surface area contributed by atoms with Crippen molar-refractivity contribution in [2.24, 2.45) is 0 Å². The van der Waals surface area contributed by atoms with Gasteiger partial charge in [-0.05, 0) is 61.8 Å². The molecule has 0 amide bonds. The average Bonchev–Trinajstić information content (AvgIpc) is 3.27. The molecule has 2 aromatic heterocycles. The number of aromatic nitrogens is 3. The summed E-state index contributed by atoms with van der Waals surface area (Å²) < 4.78 is 4.14. The Morgan fingerprint density at radius 3 is 2.43 bits per heavy atom. The number of piperidine rings is 1. The SMILES string of the molecule is N#Cc1ccc(Cn2cc(-c3nc4ccccc4n(C4CCNCC4)c3=O)c3ccccc32)cc1. The number of hydrogen-bond acceptors (Lipinski definition) is 4. The predicted octanol–water partition coefficient (Wildman–Crippen LogP) is 4.86. The van der Waals surface area contributed by atoms with Crippen LogP contribution >= 0.6 is 0 Å². The van der Waals surface area contributed by atoms with E-state index >= 15 is 0 Å². The Labute approximate surface area is 203 Å². The number of nitrogens with one attached hydrogen (secondary N) is 1. The number of para-hydroxylation sites is 3. The highest BCUT2D eigenvalue weighted by Crippen LogP contribution is 2.31. The largest absolute Gasteiger partial charge is 0.342 e. The van der Waals surface area contributed by atoms with E-state index in [1.165, 1.54) is 0 Å². The summed E-state index contributed by atoms with van der Waals surface area (Å²) in [6, 6.07) is 26.1. The lowest BCUT2D eigenvalue weighted by molar-refractivity contribution is 0.369. The van der Waals surface area contributed by atoms with Crippen LogP contribution in [0.1, 0.15) is 30.0 Å². The molecule has 1 N–H and O–H groups in total. The molecule has 0 radical (unpaired) electrons. The lowest BCUT2D eigenvalue weighted by atomic mass is 10.0. The van der Waals surface area contributed by atoms with Gasteiger partial charge in [0.25, 0.3) is 5.56 Å². The van der Waals surface area contributed by atoms with Crippen molar-refractivity contribution in [3.8, 4) is 17.3 Å². The van der Waals surface area contributed by atoms with E-state index in [-0.39, 0.29) is 11.6 Å². The standard InChI is InChI=1S/C29H25N5O/c30-17-20-9-11-21(12-10-20)18-33-19-24(23-5-1-3-7-26(23)33)28-29(35)34(22-13-15-31-16-14-22)27-8-4-2-6-25(27)32-28/h1-12,19,22,31H,13-16,18H2. The summed E-state index contributed by atoms with van der Waals surface area (Å²) in [5.41, 5.74) is 5.84. The fourth-order valence-electron chi connectivity index (χ4n) is 5.20. The highest BCUT2D eigenvalue weighted by Gasteiger charge is 2.23. The van der Waals surface area contributed by atoms with Crippen LogP contribution in [0.5, 0.6) is 0 Å². The second-order valence-electron chi connectivity index (χ2n) is 9.10. The molecule has 6 nitrogen and oxygen atoms in total. The maximum Gasteiger partial charge on any atom is 0.277 e. The molecule has 5 aromatic rings. The summed E-state index contributed by atoms with van der Waals surface area (Å²) >= 11 is 0. The van der Waals surface area contributed by atoms with E-state index in [1.54, 1.807) is 0 Å². The van der Waals surface area contributed by atoms with Gasteiger partial charge < -0.3 is 14.5 Å². The van der Waals surface area contributed by atoms with Crippen molar-refractivity contribution in [2.45, 2.75) is 25.4 Å². The number of benzene rings is 3. The zero-order valence-corrected chi connectivity index (χ0v) is 19.3. The Morgan fingerprint density at radius 2 is 1.66 bits per heavy atom. The topological polar surface area (TPSA) is 75.6 Å². The predicted molar refractivity (Wildman–Crippen MR) is 138 cm³/mol. The Bertz CT molecular complexity index is 1630. The molecular weight excluding hydrogens is 434 g/mol. The summed E-state index contributed by atoms with van der Waals surface area (Å²) in [6.07, 6.45) is 3.90. The van der Waals surface area contributed by atoms with Crippen LogP contribution in [-0.4, -0.2) is 27.2 Å². The Hall–Kier alpha value is -4.21. The van der Waals surface area contributed by atoms with Gasteiger partial charge in [0, 0.05) is 35.2 Å². The van der Waals surface area contributed by atoms with E-state index in [1.807, 2.05) is 71.4 Å². The molecule has 6 rings (SSSR count). The fourth-order valence-corrected chi connectivity index (χ4v) is 5.20. The molecule has 0 saturated carbocycles. The first kappa shape index (κ1) is 21.3. The molecule has 3 heterocycles. The minimum atomic E-state index is -0.0307. The van der Waals surface area contributed by atoms with Crippen LogP contribution in [0.2, 0.25) is 0 Å². The number of fused-ring (bicyclic) bond motifs is 2. The molecular formula is C29H25N5O. The van der Waals surface area contributed by atoms with E-state index in [4.69, 9.17) is 10.2 Å². The van der Waals surface area contributed by atoms with Crippen LogP contribution in [0.3, 0.4) is 0 Å². The van der Waals surface area contributed by atoms with E-state index in [0.29, 0.717) is 17.8 Å². The van der Waals surface area contributed by atoms with Gasteiger partial charge in [-0.15, -0.1) is 0 Å². The Kier molecular flexibility index (Phi) is 5.40. The molecule has 0 bridgehead atoms. The van der Waals surface area contributed by atoms with Crippen molar-refractivity contribution < 1.29 is 0 Å². The van der Waals surface area contributed by atoms with Gasteiger partial charge in [0.05, 0.1) is 22.7 Å². The van der Waals surface area contributed by atoms with Crippen LogP contribution in [0.15, 0.2) is 83.8 Å². The molecule has 1 fully saturated rings. The molecule has 0 spiro atoms. The van der Waals surface area contributed by atoms with Crippen LogP contribution in [0.25, 0.3) is 33.2 Å². The smallest absolute Gasteiger partial charge is 0.277 e. The zero-order chi connectivity index (χ0) is 23.8. The molecule has 0 aliphatic carbocycles. The van der Waals surface area contributed by atoms with Crippen molar-refractivity contribution in [3.05, 3.63) is 100 Å². The van der Waals surface area contributed by atoms with Gasteiger partial charge in [-0.2, -0.15) is 5.26 Å². The summed E-state index contributed by atoms with van der Waals surface area (Å²) in [7, 11) is 0. The third-order valence-electron chi connectivity index (χ3n) is 6.95. The zero-order valence-electron chi connectivity index (χ0n) is 19.3. The first-order valence-electron chi connectivity index (χ1n) is 12.0. The van der Waals surface area contributed by atoms with Crippen LogP contribution < -0.4 is 10.9 Å². The van der Waals surface area contributed by atoms with E-state index in [2.05, 4.69) is 28.1 Å². The Morgan fingerprint density at radius 1 is 0.943 bits per heavy atom. The second kappa shape index (κ2) is 8.86. The van der Waals surface area contributed by atoms with Crippen LogP contribution in [-0.2, 0) is 6.54 Å². The number of nitriles is 1. The van der Waals surface area contributed by atoms with E-state index < -0.39 is 0 Å². The van der Waals surface area contributed by atoms with Crippen LogP contribution in [0.4, 0.5) is 0 Å². The van der Waals surface area contributed by atoms with Crippen molar-refractivity contribution in [1.82, 2.24) is 19.4 Å². The third-order valence-corrected chi connectivity index (χ3v) is 6.95. The average molecular weight is 460 g/mol. The molecule has 172 valence electrons. The van der Waals surface area contributed by atoms with Crippen molar-refractivity contribution in [2.75, 3.05) is 13.1 Å². The van der Waals surface area contributed by atoms with Crippen molar-refractivity contribution in [3.63, 3.8) is 0 Å². The van der Waals surface area contributed by atoms with Gasteiger partial charge in [-0.3, -0.25) is 4.79 Å². The molecule has 1 saturated heterocycles. The highest BCUT2D eigenvalue weighted by molar-refractivity contribution is 5.96. The summed E-state index contributed by atoms with van der Waals surface area (Å²) in [5, 5.41) is 13.5. The van der Waals surface area contributed by atoms with Crippen molar-refractivity contribution >= 4 is 21.9 Å². The molecule has 1 aliphatic rings. The second-order valence-corrected chi connectivity index (χ2v) is 9.10. The maximum absolute atomic E-state index is 14.0. The highest BCUT2D eigenvalue weighted by atomic mass is 16.1. The van der Waals surface area contributed by atoms with Crippen molar-refractivity contribution in [1.29, 1.82) is 5.26 Å². The number of rotatable bonds is 4. The number of hydrogen-bond donors (Lipinski definition) is 1. The third kappa shape index (κ3) is 3.80. The van der Waals surface area contributed by atoms with Gasteiger partial charge in [0.1, 0.15) is 5.69 Å². The number of nitrogens with zero attached hydrogens (tertiary/aromatic N) is 4. The minimum absolute atomic E-state index is 0.0307. The van der Waals surface area contributed by atoms with Gasteiger partial charge >= 0.3 is 0 Å². The van der Waals surface area contributed by atoms with Gasteiger partial charge in [-0.1, -0.05) is 42.5 Å². The first-order valence-corrected chi connectivity index (χ1v) is 12.0. The molecule has 3 aromatic carbocycles. The molecule has 0 atom stereocenters. The van der Waals surface area contributed by atoms with Gasteiger partial charge in [0.15, 0.2) is 0 Å². The molecule has 6 heteroatoms. The molecule has 35 heavy (non-hydrogen) atoms. The molecule has 0 unspecified atom stereocenters.